The van der Waals surface area contributed by atoms with E-state index in [0.717, 1.165) is 24.5 Å². The van der Waals surface area contributed by atoms with Crippen molar-refractivity contribution in [1.82, 2.24) is 25.2 Å². The fourth-order valence-corrected chi connectivity index (χ4v) is 3.74. The molecule has 0 aromatic carbocycles. The van der Waals surface area contributed by atoms with Crippen LogP contribution in [-0.2, 0) is 11.3 Å². The second-order valence-corrected chi connectivity index (χ2v) is 7.94. The van der Waals surface area contributed by atoms with Gasteiger partial charge in [-0.2, -0.15) is 0 Å². The van der Waals surface area contributed by atoms with E-state index in [-0.39, 0.29) is 29.7 Å². The average molecular weight is 449 g/mol. The molecule has 0 bridgehead atoms. The first-order valence-corrected chi connectivity index (χ1v) is 10.7. The Labute approximate surface area is 191 Å². The van der Waals surface area contributed by atoms with E-state index in [0.29, 0.717) is 24.2 Å². The van der Waals surface area contributed by atoms with Gasteiger partial charge >= 0.3 is 0 Å². The third-order valence-electron chi connectivity index (χ3n) is 5.59. The lowest BCUT2D eigenvalue weighted by molar-refractivity contribution is -0.129. The maximum Gasteiger partial charge on any atom is 0.270 e. The summed E-state index contributed by atoms with van der Waals surface area (Å²) < 4.78 is 14.6. The summed E-state index contributed by atoms with van der Waals surface area (Å²) >= 11 is 0. The van der Waals surface area contributed by atoms with Gasteiger partial charge in [-0.05, 0) is 42.8 Å². The number of piperazine rings is 1. The predicted octanol–water partition coefficient (Wildman–Crippen LogP) is 2.58. The zero-order valence-corrected chi connectivity index (χ0v) is 18.6. The van der Waals surface area contributed by atoms with E-state index in [9.17, 15) is 14.0 Å². The van der Waals surface area contributed by atoms with E-state index in [1.807, 2.05) is 17.9 Å². The molecule has 9 heteroatoms. The van der Waals surface area contributed by atoms with Gasteiger partial charge < -0.3 is 15.1 Å². The molecule has 0 spiro atoms. The largest absolute Gasteiger partial charge is 0.367 e. The van der Waals surface area contributed by atoms with E-state index >= 15 is 0 Å². The summed E-state index contributed by atoms with van der Waals surface area (Å²) in [5.74, 6) is -0.728. The highest BCUT2D eigenvalue weighted by molar-refractivity contribution is 5.92. The molecule has 0 atom stereocenters. The van der Waals surface area contributed by atoms with E-state index in [1.54, 1.807) is 43.7 Å². The third kappa shape index (κ3) is 5.31. The number of amides is 2. The van der Waals surface area contributed by atoms with Crippen molar-refractivity contribution in [1.29, 1.82) is 0 Å². The van der Waals surface area contributed by atoms with Crippen molar-refractivity contribution in [2.24, 2.45) is 0 Å². The number of aryl methyl sites for hydroxylation is 1. The van der Waals surface area contributed by atoms with Crippen LogP contribution in [0.3, 0.4) is 0 Å². The second kappa shape index (κ2) is 9.72. The van der Waals surface area contributed by atoms with Crippen molar-refractivity contribution in [3.63, 3.8) is 0 Å². The molecule has 3 aromatic heterocycles. The fourth-order valence-electron chi connectivity index (χ4n) is 3.74. The van der Waals surface area contributed by atoms with Gasteiger partial charge in [-0.3, -0.25) is 19.6 Å². The number of carbonyl (C=O) groups is 2. The van der Waals surface area contributed by atoms with Crippen molar-refractivity contribution < 1.29 is 14.0 Å². The van der Waals surface area contributed by atoms with Gasteiger partial charge in [0, 0.05) is 63.3 Å². The molecule has 1 fully saturated rings. The molecular weight excluding hydrogens is 423 g/mol. The molecule has 0 aliphatic carbocycles. The monoisotopic (exact) mass is 448 g/mol. The highest BCUT2D eigenvalue weighted by Crippen LogP contribution is 2.21. The molecule has 0 unspecified atom stereocenters. The number of nitrogens with zero attached hydrogens (tertiary/aromatic N) is 5. The molecule has 8 nitrogen and oxygen atoms in total. The molecule has 4 rings (SSSR count). The van der Waals surface area contributed by atoms with Crippen LogP contribution in [-0.4, -0.2) is 57.8 Å². The second-order valence-electron chi connectivity index (χ2n) is 7.94. The van der Waals surface area contributed by atoms with Crippen LogP contribution >= 0.6 is 0 Å². The highest BCUT2D eigenvalue weighted by Gasteiger charge is 2.19. The molecule has 0 saturated carbocycles. The number of hydrogen-bond acceptors (Lipinski definition) is 6. The Hall–Kier alpha value is -3.88. The van der Waals surface area contributed by atoms with Crippen LogP contribution in [0, 0.1) is 12.7 Å². The van der Waals surface area contributed by atoms with E-state index < -0.39 is 5.82 Å². The first-order valence-electron chi connectivity index (χ1n) is 10.7. The van der Waals surface area contributed by atoms with Crippen LogP contribution in [0.4, 0.5) is 10.1 Å². The number of carbonyl (C=O) groups excluding carboxylic acids is 2. The van der Waals surface area contributed by atoms with Gasteiger partial charge in [-0.15, -0.1) is 0 Å². The Morgan fingerprint density at radius 2 is 1.82 bits per heavy atom. The lowest BCUT2D eigenvalue weighted by atomic mass is 10.1. The van der Waals surface area contributed by atoms with E-state index in [4.69, 9.17) is 0 Å². The van der Waals surface area contributed by atoms with Crippen molar-refractivity contribution in [2.45, 2.75) is 20.4 Å². The molecule has 3 aromatic rings. The third-order valence-corrected chi connectivity index (χ3v) is 5.59. The van der Waals surface area contributed by atoms with Crippen molar-refractivity contribution >= 4 is 17.5 Å². The van der Waals surface area contributed by atoms with E-state index in [2.05, 4.69) is 25.2 Å². The lowest BCUT2D eigenvalue weighted by Gasteiger charge is -2.35. The maximum absolute atomic E-state index is 14.6. The Balaban J connectivity index is 1.34. The molecule has 4 heterocycles. The summed E-state index contributed by atoms with van der Waals surface area (Å²) in [7, 11) is 0. The van der Waals surface area contributed by atoms with Crippen LogP contribution in [0.5, 0.6) is 0 Å². The van der Waals surface area contributed by atoms with Gasteiger partial charge in [0.1, 0.15) is 17.2 Å². The van der Waals surface area contributed by atoms with Gasteiger partial charge in [-0.1, -0.05) is 0 Å². The first kappa shape index (κ1) is 22.3. The minimum absolute atomic E-state index is 0.0805. The molecular formula is C24H25FN6O2. The van der Waals surface area contributed by atoms with Gasteiger partial charge in [0.15, 0.2) is 0 Å². The van der Waals surface area contributed by atoms with Crippen molar-refractivity contribution in [3.8, 4) is 11.3 Å². The van der Waals surface area contributed by atoms with Gasteiger partial charge in [0.25, 0.3) is 5.91 Å². The number of halogens is 1. The van der Waals surface area contributed by atoms with Gasteiger partial charge in [0.2, 0.25) is 5.91 Å². The van der Waals surface area contributed by atoms with Crippen LogP contribution in [0.2, 0.25) is 0 Å². The Morgan fingerprint density at radius 1 is 1.03 bits per heavy atom. The number of rotatable bonds is 5. The molecule has 1 saturated heterocycles. The minimum atomic E-state index is -0.459. The molecule has 1 N–H and O–H groups in total. The summed E-state index contributed by atoms with van der Waals surface area (Å²) in [6.07, 6.45) is 4.82. The van der Waals surface area contributed by atoms with E-state index in [1.165, 1.54) is 6.07 Å². The smallest absolute Gasteiger partial charge is 0.270 e. The maximum atomic E-state index is 14.6. The van der Waals surface area contributed by atoms with Gasteiger partial charge in [0.05, 0.1) is 11.9 Å². The number of anilines is 1. The molecule has 1 aliphatic rings. The number of nitrogens with one attached hydrogen (secondary N) is 1. The SMILES string of the molecule is CC(=O)N1CCN(c2ccc(C(=O)NCc3cnc(-c4ccnc(C)c4)c(F)c3)nc2)CC1. The Bertz CT molecular complexity index is 1160. The van der Waals surface area contributed by atoms with Crippen LogP contribution < -0.4 is 10.2 Å². The fraction of sp³-hybridized carbons (Fsp3) is 0.292. The molecule has 2 amide bonds. The highest BCUT2D eigenvalue weighted by atomic mass is 19.1. The van der Waals surface area contributed by atoms with Gasteiger partial charge in [-0.25, -0.2) is 9.37 Å². The first-order chi connectivity index (χ1) is 15.9. The Kier molecular flexibility index (Phi) is 6.58. The lowest BCUT2D eigenvalue weighted by Crippen LogP contribution is -2.48. The number of pyridine rings is 3. The quantitative estimate of drug-likeness (QED) is 0.645. The topological polar surface area (TPSA) is 91.3 Å². The summed E-state index contributed by atoms with van der Waals surface area (Å²) in [5.41, 5.74) is 3.41. The summed E-state index contributed by atoms with van der Waals surface area (Å²) in [6, 6.07) is 8.35. The average Bonchev–Trinajstić information content (AvgIpc) is 2.83. The summed E-state index contributed by atoms with van der Waals surface area (Å²) in [5, 5.41) is 2.75. The predicted molar refractivity (Wildman–Crippen MR) is 122 cm³/mol. The molecule has 0 radical (unpaired) electrons. The minimum Gasteiger partial charge on any atom is -0.367 e. The van der Waals surface area contributed by atoms with Crippen LogP contribution in [0.15, 0.2) is 48.9 Å². The normalized spacial score (nSPS) is 13.7. The zero-order valence-electron chi connectivity index (χ0n) is 18.6. The molecule has 1 aliphatic heterocycles. The van der Waals surface area contributed by atoms with Crippen molar-refractivity contribution in [3.05, 3.63) is 71.7 Å². The molecule has 33 heavy (non-hydrogen) atoms. The summed E-state index contributed by atoms with van der Waals surface area (Å²) in [6.45, 7) is 6.32. The number of aromatic nitrogens is 3. The zero-order chi connectivity index (χ0) is 23.4. The van der Waals surface area contributed by atoms with Crippen LogP contribution in [0.1, 0.15) is 28.7 Å². The standard InChI is InChI=1S/C24H25FN6O2/c1-16-11-19(5-6-26-16)23-21(25)12-18(13-28-23)14-29-24(33)22-4-3-20(15-27-22)31-9-7-30(8-10-31)17(2)32/h3-6,11-13,15H,7-10,14H2,1-2H3,(H,29,33). The summed E-state index contributed by atoms with van der Waals surface area (Å²) in [4.78, 5) is 40.5. The van der Waals surface area contributed by atoms with Crippen molar-refractivity contribution in [2.75, 3.05) is 31.1 Å². The number of hydrogen-bond donors (Lipinski definition) is 1. The molecule has 170 valence electrons. The van der Waals surface area contributed by atoms with Crippen LogP contribution in [0.25, 0.3) is 11.3 Å². The Morgan fingerprint density at radius 3 is 2.45 bits per heavy atom.